The SMILES string of the molecule is CCC1CCC(c2ccc(-c3cnc(-c4ccc(C[C@H](NC(=O)c5ccc(C(C)(C)C)s5)C(=O)N[C@H](C)C(=O)OC(C)(C)C)cc4)nc3)cc2)CC1. The second-order valence-electron chi connectivity index (χ2n) is 16.1. The maximum absolute atomic E-state index is 13.6. The maximum Gasteiger partial charge on any atom is 0.328 e. The number of benzene rings is 2. The van der Waals surface area contributed by atoms with Crippen molar-refractivity contribution >= 4 is 29.1 Å². The zero-order valence-electron chi connectivity index (χ0n) is 31.9. The summed E-state index contributed by atoms with van der Waals surface area (Å²) in [6.07, 6.45) is 10.4. The number of thiophene rings is 1. The van der Waals surface area contributed by atoms with Gasteiger partial charge in [0, 0.05) is 34.8 Å². The van der Waals surface area contributed by atoms with E-state index < -0.39 is 29.6 Å². The highest BCUT2D eigenvalue weighted by Crippen LogP contribution is 2.37. The summed E-state index contributed by atoms with van der Waals surface area (Å²) in [5, 5.41) is 5.66. The first-order chi connectivity index (χ1) is 24.6. The van der Waals surface area contributed by atoms with Gasteiger partial charge >= 0.3 is 5.97 Å². The summed E-state index contributed by atoms with van der Waals surface area (Å²) in [7, 11) is 0. The number of carbonyl (C=O) groups excluding carboxylic acids is 3. The summed E-state index contributed by atoms with van der Waals surface area (Å²) < 4.78 is 5.45. The normalized spacial score (nSPS) is 17.5. The van der Waals surface area contributed by atoms with Gasteiger partial charge in [0.2, 0.25) is 5.91 Å². The lowest BCUT2D eigenvalue weighted by atomic mass is 9.78. The number of ether oxygens (including phenoxy) is 1. The molecule has 0 aliphatic heterocycles. The van der Waals surface area contributed by atoms with Crippen molar-refractivity contribution in [2.75, 3.05) is 0 Å². The van der Waals surface area contributed by atoms with Crippen LogP contribution in [0.1, 0.15) is 119 Å². The number of hydrogen-bond donors (Lipinski definition) is 2. The van der Waals surface area contributed by atoms with Gasteiger partial charge in [-0.1, -0.05) is 82.6 Å². The van der Waals surface area contributed by atoms with Crippen LogP contribution in [0.25, 0.3) is 22.5 Å². The van der Waals surface area contributed by atoms with E-state index in [1.165, 1.54) is 49.0 Å². The van der Waals surface area contributed by atoms with Gasteiger partial charge in [-0.3, -0.25) is 9.59 Å². The molecule has 8 nitrogen and oxygen atoms in total. The summed E-state index contributed by atoms with van der Waals surface area (Å²) >= 11 is 1.41. The molecule has 1 aliphatic carbocycles. The lowest BCUT2D eigenvalue weighted by Gasteiger charge is -2.28. The summed E-state index contributed by atoms with van der Waals surface area (Å²) in [5.74, 6) is 0.779. The topological polar surface area (TPSA) is 110 Å². The molecule has 0 saturated heterocycles. The third-order valence-corrected chi connectivity index (χ3v) is 11.3. The minimum Gasteiger partial charge on any atom is -0.458 e. The Morgan fingerprint density at radius 1 is 0.808 bits per heavy atom. The van der Waals surface area contributed by atoms with Gasteiger partial charge in [-0.25, -0.2) is 14.8 Å². The molecule has 1 aliphatic rings. The highest BCUT2D eigenvalue weighted by atomic mass is 32.1. The van der Waals surface area contributed by atoms with Crippen molar-refractivity contribution in [2.24, 2.45) is 5.92 Å². The molecule has 2 amide bonds. The van der Waals surface area contributed by atoms with Crippen molar-refractivity contribution in [1.29, 1.82) is 0 Å². The first-order valence-corrected chi connectivity index (χ1v) is 19.4. The Morgan fingerprint density at radius 2 is 1.42 bits per heavy atom. The molecule has 1 saturated carbocycles. The molecule has 5 rings (SSSR count). The minimum absolute atomic E-state index is 0.104. The quantitative estimate of drug-likeness (QED) is 0.150. The minimum atomic E-state index is -0.934. The van der Waals surface area contributed by atoms with E-state index in [2.05, 4.69) is 72.6 Å². The predicted molar refractivity (Wildman–Crippen MR) is 209 cm³/mol. The van der Waals surface area contributed by atoms with Gasteiger partial charge in [-0.15, -0.1) is 11.3 Å². The van der Waals surface area contributed by atoms with Gasteiger partial charge in [-0.05, 0) is 99.5 Å². The molecule has 0 bridgehead atoms. The van der Waals surface area contributed by atoms with Crippen molar-refractivity contribution in [3.8, 4) is 22.5 Å². The molecule has 2 aromatic carbocycles. The summed E-state index contributed by atoms with van der Waals surface area (Å²) in [6.45, 7) is 15.5. The van der Waals surface area contributed by atoms with Crippen LogP contribution in [0.15, 0.2) is 73.1 Å². The lowest BCUT2D eigenvalue weighted by molar-refractivity contribution is -0.158. The first kappa shape index (κ1) is 38.9. The number of rotatable bonds is 11. The van der Waals surface area contributed by atoms with E-state index in [0.29, 0.717) is 16.6 Å². The van der Waals surface area contributed by atoms with Crippen LogP contribution < -0.4 is 10.6 Å². The van der Waals surface area contributed by atoms with E-state index in [1.807, 2.05) is 42.7 Å². The van der Waals surface area contributed by atoms with Crippen molar-refractivity contribution in [3.63, 3.8) is 0 Å². The number of hydrogen-bond acceptors (Lipinski definition) is 7. The molecular formula is C43H54N4O4S. The Morgan fingerprint density at radius 3 is 1.98 bits per heavy atom. The Bertz CT molecular complexity index is 1810. The standard InChI is InChI=1S/C43H54N4O4S/c1-9-28-10-14-30(15-11-28)31-18-20-32(21-19-31)34-25-44-38(45-26-34)33-16-12-29(13-17-33)24-35(39(48)46-27(2)41(50)51-43(6,7)8)47-40(49)36-22-23-37(52-36)42(3,4)5/h12-13,16-23,25-28,30,35H,9-11,14-15,24H2,1-8H3,(H,46,48)(H,47,49)/t27-,28?,30?,35+/m1/s1. The fourth-order valence-corrected chi connectivity index (χ4v) is 7.54. The smallest absolute Gasteiger partial charge is 0.328 e. The number of amides is 2. The summed E-state index contributed by atoms with van der Waals surface area (Å²) in [4.78, 5) is 50.5. The average Bonchev–Trinajstić information content (AvgIpc) is 3.63. The molecule has 52 heavy (non-hydrogen) atoms. The van der Waals surface area contributed by atoms with Crippen LogP contribution in [-0.2, 0) is 26.2 Å². The summed E-state index contributed by atoms with van der Waals surface area (Å²) in [6, 6.07) is 18.4. The molecule has 0 unspecified atom stereocenters. The average molecular weight is 723 g/mol. The fourth-order valence-electron chi connectivity index (χ4n) is 6.57. The maximum atomic E-state index is 13.6. The van der Waals surface area contributed by atoms with Crippen molar-refractivity contribution in [2.45, 2.75) is 123 Å². The monoisotopic (exact) mass is 722 g/mol. The third-order valence-electron chi connectivity index (χ3n) is 9.75. The van der Waals surface area contributed by atoms with Crippen LogP contribution in [0.2, 0.25) is 0 Å². The van der Waals surface area contributed by atoms with E-state index >= 15 is 0 Å². The number of aromatic nitrogens is 2. The first-order valence-electron chi connectivity index (χ1n) is 18.6. The van der Waals surface area contributed by atoms with Crippen LogP contribution in [0, 0.1) is 5.92 Å². The molecule has 1 fully saturated rings. The van der Waals surface area contributed by atoms with E-state index in [1.54, 1.807) is 33.8 Å². The molecule has 0 radical (unpaired) electrons. The van der Waals surface area contributed by atoms with Crippen LogP contribution in [0.4, 0.5) is 0 Å². The molecule has 2 heterocycles. The van der Waals surface area contributed by atoms with Crippen molar-refractivity contribution in [3.05, 3.63) is 93.9 Å². The Hall–Kier alpha value is -4.37. The largest absolute Gasteiger partial charge is 0.458 e. The molecular weight excluding hydrogens is 669 g/mol. The van der Waals surface area contributed by atoms with E-state index in [-0.39, 0.29) is 17.7 Å². The van der Waals surface area contributed by atoms with E-state index in [0.717, 1.165) is 33.0 Å². The molecule has 2 aromatic heterocycles. The van der Waals surface area contributed by atoms with Gasteiger partial charge in [0.1, 0.15) is 17.7 Å². The van der Waals surface area contributed by atoms with Crippen LogP contribution in [-0.4, -0.2) is 45.4 Å². The van der Waals surface area contributed by atoms with Crippen LogP contribution in [0.5, 0.6) is 0 Å². The number of nitrogens with one attached hydrogen (secondary N) is 2. The molecule has 4 aromatic rings. The Balaban J connectivity index is 1.26. The Kier molecular flexibility index (Phi) is 12.4. The zero-order valence-corrected chi connectivity index (χ0v) is 32.7. The molecule has 276 valence electrons. The zero-order chi connectivity index (χ0) is 37.6. The second kappa shape index (κ2) is 16.5. The second-order valence-corrected chi connectivity index (χ2v) is 17.2. The molecule has 0 spiro atoms. The van der Waals surface area contributed by atoms with Crippen LogP contribution in [0.3, 0.4) is 0 Å². The molecule has 9 heteroatoms. The number of carbonyl (C=O) groups is 3. The van der Waals surface area contributed by atoms with E-state index in [9.17, 15) is 14.4 Å². The van der Waals surface area contributed by atoms with Crippen molar-refractivity contribution < 1.29 is 19.1 Å². The molecule has 2 N–H and O–H groups in total. The van der Waals surface area contributed by atoms with Crippen LogP contribution >= 0.6 is 11.3 Å². The number of esters is 1. The number of nitrogens with zero attached hydrogens (tertiary/aromatic N) is 2. The Labute approximate surface area is 313 Å². The third kappa shape index (κ3) is 10.4. The highest BCUT2D eigenvalue weighted by Gasteiger charge is 2.29. The van der Waals surface area contributed by atoms with Gasteiger partial charge in [0.25, 0.3) is 5.91 Å². The fraction of sp³-hybridized carbons (Fsp3) is 0.465. The van der Waals surface area contributed by atoms with Gasteiger partial charge < -0.3 is 15.4 Å². The van der Waals surface area contributed by atoms with E-state index in [4.69, 9.17) is 4.74 Å². The van der Waals surface area contributed by atoms with Gasteiger partial charge in [0.15, 0.2) is 5.82 Å². The van der Waals surface area contributed by atoms with Gasteiger partial charge in [-0.2, -0.15) is 0 Å². The predicted octanol–water partition coefficient (Wildman–Crippen LogP) is 9.04. The highest BCUT2D eigenvalue weighted by molar-refractivity contribution is 7.14. The lowest BCUT2D eigenvalue weighted by Crippen LogP contribution is -2.52. The molecule has 2 atom stereocenters. The van der Waals surface area contributed by atoms with Crippen molar-refractivity contribution in [1.82, 2.24) is 20.6 Å². The summed E-state index contributed by atoms with van der Waals surface area (Å²) in [5.41, 5.74) is 4.35. The van der Waals surface area contributed by atoms with Gasteiger partial charge in [0.05, 0.1) is 4.88 Å².